The molecule has 0 aliphatic carbocycles. The monoisotopic (exact) mass is 260 g/mol. The van der Waals surface area contributed by atoms with Crippen LogP contribution in [0.2, 0.25) is 5.15 Å². The Morgan fingerprint density at radius 2 is 2.00 bits per heavy atom. The van der Waals surface area contributed by atoms with Crippen LogP contribution in [0.5, 0.6) is 0 Å². The molecule has 0 radical (unpaired) electrons. The number of hydrogen-bond donors (Lipinski definition) is 0. The van der Waals surface area contributed by atoms with E-state index in [0.717, 1.165) is 30.7 Å². The Morgan fingerprint density at radius 3 is 2.72 bits per heavy atom. The fourth-order valence-electron chi connectivity index (χ4n) is 2.12. The standard InChI is InChI=1S/C14H13ClN2O/c15-13-9-11(10-5-2-1-3-6-10)16-14(17-13)12-7-4-8-18-12/h1-3,5-6,9,12H,4,7-8H2. The van der Waals surface area contributed by atoms with E-state index in [9.17, 15) is 0 Å². The SMILES string of the molecule is Clc1cc(-c2ccccc2)nc(C2CCCO2)n1. The molecule has 1 saturated heterocycles. The Hall–Kier alpha value is -1.45. The van der Waals surface area contributed by atoms with E-state index in [1.807, 2.05) is 30.3 Å². The maximum atomic E-state index is 6.07. The van der Waals surface area contributed by atoms with Crippen LogP contribution in [0.1, 0.15) is 24.8 Å². The molecule has 18 heavy (non-hydrogen) atoms. The summed E-state index contributed by atoms with van der Waals surface area (Å²) in [7, 11) is 0. The zero-order valence-corrected chi connectivity index (χ0v) is 10.6. The van der Waals surface area contributed by atoms with E-state index in [1.54, 1.807) is 6.07 Å². The second-order valence-corrected chi connectivity index (χ2v) is 4.69. The van der Waals surface area contributed by atoms with Crippen molar-refractivity contribution in [3.8, 4) is 11.3 Å². The van der Waals surface area contributed by atoms with Gasteiger partial charge in [-0.2, -0.15) is 0 Å². The summed E-state index contributed by atoms with van der Waals surface area (Å²) in [5.41, 5.74) is 1.89. The average Bonchev–Trinajstić information content (AvgIpc) is 2.93. The summed E-state index contributed by atoms with van der Waals surface area (Å²) in [6.07, 6.45) is 2.02. The van der Waals surface area contributed by atoms with Gasteiger partial charge in [-0.15, -0.1) is 0 Å². The van der Waals surface area contributed by atoms with E-state index >= 15 is 0 Å². The van der Waals surface area contributed by atoms with Crippen molar-refractivity contribution < 1.29 is 4.74 Å². The molecule has 1 aromatic carbocycles. The smallest absolute Gasteiger partial charge is 0.159 e. The van der Waals surface area contributed by atoms with Crippen molar-refractivity contribution in [2.45, 2.75) is 18.9 Å². The molecule has 1 aromatic heterocycles. The fraction of sp³-hybridized carbons (Fsp3) is 0.286. The molecule has 0 amide bonds. The number of ether oxygens (including phenoxy) is 1. The maximum absolute atomic E-state index is 6.07. The maximum Gasteiger partial charge on any atom is 0.159 e. The van der Waals surface area contributed by atoms with E-state index in [1.165, 1.54) is 0 Å². The highest BCUT2D eigenvalue weighted by atomic mass is 35.5. The summed E-state index contributed by atoms with van der Waals surface area (Å²) in [4.78, 5) is 8.84. The van der Waals surface area contributed by atoms with E-state index in [2.05, 4.69) is 9.97 Å². The van der Waals surface area contributed by atoms with Gasteiger partial charge >= 0.3 is 0 Å². The van der Waals surface area contributed by atoms with E-state index in [0.29, 0.717) is 11.0 Å². The highest BCUT2D eigenvalue weighted by Gasteiger charge is 2.21. The number of halogens is 1. The van der Waals surface area contributed by atoms with Gasteiger partial charge in [0.2, 0.25) is 0 Å². The Morgan fingerprint density at radius 1 is 1.17 bits per heavy atom. The van der Waals surface area contributed by atoms with Gasteiger partial charge in [0.15, 0.2) is 5.82 Å². The number of benzene rings is 1. The number of rotatable bonds is 2. The lowest BCUT2D eigenvalue weighted by Gasteiger charge is -2.10. The first kappa shape index (κ1) is 11.6. The third-order valence-electron chi connectivity index (χ3n) is 3.00. The Balaban J connectivity index is 2.00. The molecule has 2 heterocycles. The van der Waals surface area contributed by atoms with Crippen LogP contribution in [0.4, 0.5) is 0 Å². The van der Waals surface area contributed by atoms with E-state index < -0.39 is 0 Å². The van der Waals surface area contributed by atoms with Crippen molar-refractivity contribution in [3.05, 3.63) is 47.4 Å². The van der Waals surface area contributed by atoms with Crippen molar-refractivity contribution in [3.63, 3.8) is 0 Å². The predicted molar refractivity (Wildman–Crippen MR) is 70.4 cm³/mol. The lowest BCUT2D eigenvalue weighted by Crippen LogP contribution is -2.04. The molecule has 1 unspecified atom stereocenters. The molecule has 3 nitrogen and oxygen atoms in total. The highest BCUT2D eigenvalue weighted by molar-refractivity contribution is 6.29. The van der Waals surface area contributed by atoms with Gasteiger partial charge in [0.25, 0.3) is 0 Å². The van der Waals surface area contributed by atoms with Crippen molar-refractivity contribution in [2.24, 2.45) is 0 Å². The minimum atomic E-state index is -0.00818. The number of aromatic nitrogens is 2. The van der Waals surface area contributed by atoms with Gasteiger partial charge in [-0.25, -0.2) is 9.97 Å². The van der Waals surface area contributed by atoms with Gasteiger partial charge in [0.1, 0.15) is 11.3 Å². The van der Waals surface area contributed by atoms with Crippen LogP contribution in [0.15, 0.2) is 36.4 Å². The summed E-state index contributed by atoms with van der Waals surface area (Å²) in [5.74, 6) is 0.693. The number of hydrogen-bond acceptors (Lipinski definition) is 3. The second-order valence-electron chi connectivity index (χ2n) is 4.30. The van der Waals surface area contributed by atoms with Crippen molar-refractivity contribution in [1.82, 2.24) is 9.97 Å². The van der Waals surface area contributed by atoms with Crippen LogP contribution in [0.25, 0.3) is 11.3 Å². The molecule has 0 spiro atoms. The highest BCUT2D eigenvalue weighted by Crippen LogP contribution is 2.29. The molecule has 1 aliphatic rings. The molecule has 4 heteroatoms. The Labute approximate surface area is 111 Å². The number of nitrogens with zero attached hydrogens (tertiary/aromatic N) is 2. The minimum absolute atomic E-state index is 0.00818. The lowest BCUT2D eigenvalue weighted by atomic mass is 10.1. The molecule has 1 fully saturated rings. The van der Waals surface area contributed by atoms with Gasteiger partial charge in [0.05, 0.1) is 5.69 Å². The topological polar surface area (TPSA) is 35.0 Å². The summed E-state index contributed by atoms with van der Waals surface area (Å²) in [5, 5.41) is 0.467. The van der Waals surface area contributed by atoms with E-state index in [4.69, 9.17) is 16.3 Å². The molecular formula is C14H13ClN2O. The molecule has 1 atom stereocenters. The van der Waals surface area contributed by atoms with Gasteiger partial charge in [-0.3, -0.25) is 0 Å². The minimum Gasteiger partial charge on any atom is -0.370 e. The predicted octanol–water partition coefficient (Wildman–Crippen LogP) is 3.65. The first-order valence-corrected chi connectivity index (χ1v) is 6.42. The molecule has 1 aliphatic heterocycles. The van der Waals surface area contributed by atoms with Crippen LogP contribution in [-0.4, -0.2) is 16.6 Å². The van der Waals surface area contributed by atoms with Crippen LogP contribution < -0.4 is 0 Å². The molecule has 0 saturated carbocycles. The molecular weight excluding hydrogens is 248 g/mol. The van der Waals surface area contributed by atoms with Crippen LogP contribution >= 0.6 is 11.6 Å². The fourth-order valence-corrected chi connectivity index (χ4v) is 2.31. The summed E-state index contributed by atoms with van der Waals surface area (Å²) in [6, 6.07) is 11.8. The normalized spacial score (nSPS) is 19.1. The van der Waals surface area contributed by atoms with Crippen molar-refractivity contribution >= 4 is 11.6 Å². The van der Waals surface area contributed by atoms with Crippen molar-refractivity contribution in [2.75, 3.05) is 6.61 Å². The zero-order chi connectivity index (χ0) is 12.4. The van der Waals surface area contributed by atoms with Gasteiger partial charge in [0, 0.05) is 18.2 Å². The zero-order valence-electron chi connectivity index (χ0n) is 9.84. The molecule has 92 valence electrons. The largest absolute Gasteiger partial charge is 0.370 e. The third kappa shape index (κ3) is 2.37. The third-order valence-corrected chi connectivity index (χ3v) is 3.19. The van der Waals surface area contributed by atoms with Crippen LogP contribution in [-0.2, 0) is 4.74 Å². The summed E-state index contributed by atoms with van der Waals surface area (Å²) < 4.78 is 5.60. The van der Waals surface area contributed by atoms with Crippen LogP contribution in [0, 0.1) is 0 Å². The van der Waals surface area contributed by atoms with Gasteiger partial charge in [-0.1, -0.05) is 41.9 Å². The molecule has 0 bridgehead atoms. The van der Waals surface area contributed by atoms with Crippen LogP contribution in [0.3, 0.4) is 0 Å². The first-order valence-electron chi connectivity index (χ1n) is 6.04. The molecule has 0 N–H and O–H groups in total. The van der Waals surface area contributed by atoms with Gasteiger partial charge < -0.3 is 4.74 Å². The van der Waals surface area contributed by atoms with Gasteiger partial charge in [-0.05, 0) is 12.8 Å². The quantitative estimate of drug-likeness (QED) is 0.773. The second kappa shape index (κ2) is 5.04. The summed E-state index contributed by atoms with van der Waals surface area (Å²) >= 11 is 6.07. The van der Waals surface area contributed by atoms with Crippen molar-refractivity contribution in [1.29, 1.82) is 0 Å². The van der Waals surface area contributed by atoms with E-state index in [-0.39, 0.29) is 6.10 Å². The Kier molecular flexibility index (Phi) is 3.26. The summed E-state index contributed by atoms with van der Waals surface area (Å²) in [6.45, 7) is 0.779. The molecule has 3 rings (SSSR count). The Bertz CT molecular complexity index is 539. The molecule has 2 aromatic rings. The first-order chi connectivity index (χ1) is 8.83. The average molecular weight is 261 g/mol. The lowest BCUT2D eigenvalue weighted by molar-refractivity contribution is 0.105.